The van der Waals surface area contributed by atoms with Crippen molar-refractivity contribution in [2.75, 3.05) is 19.8 Å². The number of aliphatic hydroxyl groups excluding tert-OH is 1. The quantitative estimate of drug-likeness (QED) is 0.299. The molecule has 4 N–H and O–H groups in total. The second-order valence-electron chi connectivity index (χ2n) is 7.39. The predicted molar refractivity (Wildman–Crippen MR) is 93.6 cm³/mol. The van der Waals surface area contributed by atoms with E-state index in [2.05, 4.69) is 0 Å². The maximum absolute atomic E-state index is 10.6. The smallest absolute Gasteiger partial charge is 0.184 e. The Morgan fingerprint density at radius 3 is 1.92 bits per heavy atom. The van der Waals surface area contributed by atoms with Crippen LogP contribution in [0, 0.1) is 5.92 Å². The van der Waals surface area contributed by atoms with E-state index in [-0.39, 0.29) is 25.7 Å². The van der Waals surface area contributed by atoms with Crippen molar-refractivity contribution in [1.82, 2.24) is 0 Å². The van der Waals surface area contributed by atoms with E-state index in [0.717, 1.165) is 0 Å². The van der Waals surface area contributed by atoms with Gasteiger partial charge in [-0.2, -0.15) is 0 Å². The molecule has 0 aromatic heterocycles. The van der Waals surface area contributed by atoms with Crippen molar-refractivity contribution in [2.45, 2.75) is 90.3 Å². The SMILES string of the molecule is CCC(C)(O)COCCC(O)(CC)COC(O)C(O)(CC)C(C)C. The average molecular weight is 350 g/mol. The summed E-state index contributed by atoms with van der Waals surface area (Å²) in [5.74, 6) is -0.174. The van der Waals surface area contributed by atoms with Gasteiger partial charge in [-0.15, -0.1) is 0 Å². The molecule has 0 radical (unpaired) electrons. The second kappa shape index (κ2) is 10.0. The van der Waals surface area contributed by atoms with Crippen LogP contribution in [0.4, 0.5) is 0 Å². The van der Waals surface area contributed by atoms with Crippen LogP contribution in [0.3, 0.4) is 0 Å². The summed E-state index contributed by atoms with van der Waals surface area (Å²) < 4.78 is 10.8. The fourth-order valence-corrected chi connectivity index (χ4v) is 2.25. The zero-order valence-corrected chi connectivity index (χ0v) is 16.2. The molecule has 0 fully saturated rings. The fraction of sp³-hybridized carbons (Fsp3) is 1.00. The highest BCUT2D eigenvalue weighted by Crippen LogP contribution is 2.27. The van der Waals surface area contributed by atoms with Gasteiger partial charge in [-0.05, 0) is 32.1 Å². The van der Waals surface area contributed by atoms with Gasteiger partial charge in [0.25, 0.3) is 0 Å². The number of ether oxygens (including phenoxy) is 2. The number of rotatable bonds is 13. The van der Waals surface area contributed by atoms with E-state index in [1.54, 1.807) is 13.8 Å². The van der Waals surface area contributed by atoms with Crippen molar-refractivity contribution in [2.24, 2.45) is 5.92 Å². The van der Waals surface area contributed by atoms with Gasteiger partial charge < -0.3 is 29.9 Å². The predicted octanol–water partition coefficient (Wildman–Crippen LogP) is 1.83. The first-order chi connectivity index (χ1) is 11.0. The second-order valence-corrected chi connectivity index (χ2v) is 7.39. The zero-order chi connectivity index (χ0) is 19.0. The summed E-state index contributed by atoms with van der Waals surface area (Å²) in [5, 5.41) is 41.1. The fourth-order valence-electron chi connectivity index (χ4n) is 2.25. The number of hydrogen-bond donors (Lipinski definition) is 4. The maximum Gasteiger partial charge on any atom is 0.184 e. The molecular formula is C18H38O6. The first kappa shape index (κ1) is 23.8. The highest BCUT2D eigenvalue weighted by molar-refractivity contribution is 4.85. The standard InChI is InChI=1S/C18H38O6/c1-7-16(6,20)12-23-11-10-17(21,8-2)13-24-15(19)18(22,9-3)14(4)5/h14-15,19-22H,7-13H2,1-6H3. The molecule has 24 heavy (non-hydrogen) atoms. The third-order valence-corrected chi connectivity index (χ3v) is 5.05. The van der Waals surface area contributed by atoms with Gasteiger partial charge in [0.2, 0.25) is 0 Å². The molecule has 0 rings (SSSR count). The van der Waals surface area contributed by atoms with Crippen LogP contribution in [0.2, 0.25) is 0 Å². The largest absolute Gasteiger partial charge is 0.388 e. The molecule has 0 heterocycles. The molecule has 0 spiro atoms. The minimum absolute atomic E-state index is 0.0901. The molecule has 0 saturated carbocycles. The molecule has 4 unspecified atom stereocenters. The van der Waals surface area contributed by atoms with Gasteiger partial charge in [0, 0.05) is 13.0 Å². The summed E-state index contributed by atoms with van der Waals surface area (Å²) in [6.45, 7) is 11.2. The van der Waals surface area contributed by atoms with Crippen molar-refractivity contribution >= 4 is 0 Å². The maximum atomic E-state index is 10.6. The van der Waals surface area contributed by atoms with Crippen LogP contribution in [0.25, 0.3) is 0 Å². The molecule has 146 valence electrons. The molecule has 0 amide bonds. The Bertz CT molecular complexity index is 346. The van der Waals surface area contributed by atoms with Crippen molar-refractivity contribution < 1.29 is 29.9 Å². The van der Waals surface area contributed by atoms with Crippen LogP contribution in [0.1, 0.15) is 67.2 Å². The van der Waals surface area contributed by atoms with Crippen LogP contribution in [0.5, 0.6) is 0 Å². The van der Waals surface area contributed by atoms with Crippen LogP contribution in [0.15, 0.2) is 0 Å². The Balaban J connectivity index is 4.47. The summed E-state index contributed by atoms with van der Waals surface area (Å²) in [6.07, 6.45) is 0.334. The van der Waals surface area contributed by atoms with Gasteiger partial charge in [0.05, 0.1) is 24.4 Å². The van der Waals surface area contributed by atoms with Crippen molar-refractivity contribution in [3.05, 3.63) is 0 Å². The van der Waals surface area contributed by atoms with E-state index < -0.39 is 23.1 Å². The van der Waals surface area contributed by atoms with Gasteiger partial charge in [-0.3, -0.25) is 0 Å². The van der Waals surface area contributed by atoms with E-state index in [1.807, 2.05) is 27.7 Å². The van der Waals surface area contributed by atoms with Crippen molar-refractivity contribution in [3.63, 3.8) is 0 Å². The molecule has 0 saturated heterocycles. The Hall–Kier alpha value is -0.240. The lowest BCUT2D eigenvalue weighted by Crippen LogP contribution is -2.50. The third kappa shape index (κ3) is 7.33. The molecule has 6 nitrogen and oxygen atoms in total. The monoisotopic (exact) mass is 350 g/mol. The Labute approximate surface area is 146 Å². The lowest BCUT2D eigenvalue weighted by Gasteiger charge is -2.37. The molecule has 0 aliphatic heterocycles. The van der Waals surface area contributed by atoms with E-state index >= 15 is 0 Å². The van der Waals surface area contributed by atoms with E-state index in [1.165, 1.54) is 0 Å². The molecule has 0 aromatic rings. The topological polar surface area (TPSA) is 99.4 Å². The summed E-state index contributed by atoms with van der Waals surface area (Å²) >= 11 is 0. The van der Waals surface area contributed by atoms with Gasteiger partial charge >= 0.3 is 0 Å². The van der Waals surface area contributed by atoms with Crippen molar-refractivity contribution in [1.29, 1.82) is 0 Å². The highest BCUT2D eigenvalue weighted by atomic mass is 16.6. The summed E-state index contributed by atoms with van der Waals surface area (Å²) in [4.78, 5) is 0. The van der Waals surface area contributed by atoms with Gasteiger partial charge in [0.15, 0.2) is 6.29 Å². The third-order valence-electron chi connectivity index (χ3n) is 5.05. The lowest BCUT2D eigenvalue weighted by atomic mass is 9.87. The molecule has 0 aliphatic carbocycles. The average Bonchev–Trinajstić information content (AvgIpc) is 2.55. The normalized spacial score (nSPS) is 21.1. The molecule has 0 aromatic carbocycles. The van der Waals surface area contributed by atoms with Crippen LogP contribution in [-0.4, -0.2) is 63.3 Å². The summed E-state index contributed by atoms with van der Waals surface area (Å²) in [7, 11) is 0. The van der Waals surface area contributed by atoms with Crippen molar-refractivity contribution in [3.8, 4) is 0 Å². The first-order valence-corrected chi connectivity index (χ1v) is 9.01. The minimum Gasteiger partial charge on any atom is -0.388 e. The molecule has 6 heteroatoms. The molecule has 0 aliphatic rings. The lowest BCUT2D eigenvalue weighted by molar-refractivity contribution is -0.247. The molecule has 4 atom stereocenters. The summed E-state index contributed by atoms with van der Waals surface area (Å²) in [5.41, 5.74) is -3.36. The Kier molecular flexibility index (Phi) is 9.94. The number of hydrogen-bond acceptors (Lipinski definition) is 6. The highest BCUT2D eigenvalue weighted by Gasteiger charge is 2.39. The van der Waals surface area contributed by atoms with E-state index in [0.29, 0.717) is 25.7 Å². The first-order valence-electron chi connectivity index (χ1n) is 9.01. The zero-order valence-electron chi connectivity index (χ0n) is 16.2. The van der Waals surface area contributed by atoms with E-state index in [4.69, 9.17) is 9.47 Å². The molecular weight excluding hydrogens is 312 g/mol. The minimum atomic E-state index is -1.36. The van der Waals surface area contributed by atoms with Gasteiger partial charge in [0.1, 0.15) is 5.60 Å². The van der Waals surface area contributed by atoms with Gasteiger partial charge in [-0.1, -0.05) is 34.6 Å². The van der Waals surface area contributed by atoms with Crippen LogP contribution < -0.4 is 0 Å². The van der Waals surface area contributed by atoms with Crippen LogP contribution in [-0.2, 0) is 9.47 Å². The van der Waals surface area contributed by atoms with E-state index in [9.17, 15) is 20.4 Å². The Morgan fingerprint density at radius 2 is 1.50 bits per heavy atom. The number of aliphatic hydroxyl groups is 4. The Morgan fingerprint density at radius 1 is 0.917 bits per heavy atom. The van der Waals surface area contributed by atoms with Gasteiger partial charge in [-0.25, -0.2) is 0 Å². The molecule has 0 bridgehead atoms. The van der Waals surface area contributed by atoms with Crippen LogP contribution >= 0.6 is 0 Å². The summed E-state index contributed by atoms with van der Waals surface area (Å²) in [6, 6.07) is 0.